The monoisotopic (exact) mass is 399 g/mol. The van der Waals surface area contributed by atoms with Gasteiger partial charge in [-0.1, -0.05) is 12.1 Å². The Balaban J connectivity index is 1.64. The van der Waals surface area contributed by atoms with E-state index >= 15 is 0 Å². The lowest BCUT2D eigenvalue weighted by molar-refractivity contribution is 0.414. The standard InChI is InChI=1S/C18H18BrN5O/c1-25-13-4-2-3-12(9-13)10-24-11-22-17-15(24)6-5-14(16(17)19)23-18-20-7-8-21-18/h2-6,9,11H,7-8,10H2,1H3,(H2,20,21,23). The Hall–Kier alpha value is -2.54. The summed E-state index contributed by atoms with van der Waals surface area (Å²) in [7, 11) is 1.68. The van der Waals surface area contributed by atoms with Crippen LogP contribution in [-0.2, 0) is 6.54 Å². The minimum absolute atomic E-state index is 0.737. The lowest BCUT2D eigenvalue weighted by atomic mass is 10.2. The van der Waals surface area contributed by atoms with Gasteiger partial charge >= 0.3 is 0 Å². The molecule has 4 rings (SSSR count). The molecule has 3 aromatic rings. The summed E-state index contributed by atoms with van der Waals surface area (Å²) in [6.07, 6.45) is 1.87. The molecule has 0 saturated carbocycles. The molecule has 2 aromatic carbocycles. The Morgan fingerprint density at radius 3 is 3.04 bits per heavy atom. The van der Waals surface area contributed by atoms with Crippen LogP contribution in [0.5, 0.6) is 5.75 Å². The molecular formula is C18H18BrN5O. The zero-order valence-electron chi connectivity index (χ0n) is 13.8. The van der Waals surface area contributed by atoms with Crippen molar-refractivity contribution in [3.63, 3.8) is 0 Å². The summed E-state index contributed by atoms with van der Waals surface area (Å²) >= 11 is 3.67. The van der Waals surface area contributed by atoms with Gasteiger partial charge in [-0.3, -0.25) is 4.99 Å². The van der Waals surface area contributed by atoms with Gasteiger partial charge in [-0.05, 0) is 45.8 Å². The molecule has 0 atom stereocenters. The third kappa shape index (κ3) is 3.19. The summed E-state index contributed by atoms with van der Waals surface area (Å²) in [5.74, 6) is 1.66. The van der Waals surface area contributed by atoms with E-state index < -0.39 is 0 Å². The average Bonchev–Trinajstić information content (AvgIpc) is 3.28. The lowest BCUT2D eigenvalue weighted by Crippen LogP contribution is -2.26. The maximum Gasteiger partial charge on any atom is 0.195 e. The van der Waals surface area contributed by atoms with Crippen molar-refractivity contribution in [2.75, 3.05) is 25.5 Å². The van der Waals surface area contributed by atoms with Crippen LogP contribution < -0.4 is 15.4 Å². The first kappa shape index (κ1) is 16.0. The molecule has 6 nitrogen and oxygen atoms in total. The minimum Gasteiger partial charge on any atom is -0.497 e. The highest BCUT2D eigenvalue weighted by atomic mass is 79.9. The largest absolute Gasteiger partial charge is 0.497 e. The van der Waals surface area contributed by atoms with Gasteiger partial charge in [-0.25, -0.2) is 4.98 Å². The van der Waals surface area contributed by atoms with Gasteiger partial charge in [-0.15, -0.1) is 0 Å². The number of imidazole rings is 1. The quantitative estimate of drug-likeness (QED) is 0.706. The number of nitrogens with zero attached hydrogens (tertiary/aromatic N) is 3. The Morgan fingerprint density at radius 2 is 2.24 bits per heavy atom. The highest BCUT2D eigenvalue weighted by Gasteiger charge is 2.13. The van der Waals surface area contributed by atoms with Crippen molar-refractivity contribution in [2.24, 2.45) is 4.99 Å². The molecule has 1 aromatic heterocycles. The van der Waals surface area contributed by atoms with Crippen LogP contribution in [0.1, 0.15) is 5.56 Å². The average molecular weight is 400 g/mol. The fraction of sp³-hybridized carbons (Fsp3) is 0.222. The lowest BCUT2D eigenvalue weighted by Gasteiger charge is -2.10. The zero-order chi connectivity index (χ0) is 17.2. The molecule has 0 amide bonds. The number of methoxy groups -OCH3 is 1. The van der Waals surface area contributed by atoms with Gasteiger partial charge in [0.1, 0.15) is 11.3 Å². The first-order valence-electron chi connectivity index (χ1n) is 8.06. The number of halogens is 1. The molecule has 128 valence electrons. The van der Waals surface area contributed by atoms with Gasteiger partial charge in [0, 0.05) is 13.1 Å². The van der Waals surface area contributed by atoms with E-state index in [0.717, 1.165) is 52.5 Å². The number of benzene rings is 2. The van der Waals surface area contributed by atoms with E-state index in [1.807, 2.05) is 30.6 Å². The van der Waals surface area contributed by atoms with Crippen LogP contribution in [0, 0.1) is 0 Å². The van der Waals surface area contributed by atoms with Gasteiger partial charge in [0.25, 0.3) is 0 Å². The van der Waals surface area contributed by atoms with Crippen LogP contribution in [0.25, 0.3) is 11.0 Å². The molecule has 2 heterocycles. The smallest absolute Gasteiger partial charge is 0.195 e. The van der Waals surface area contributed by atoms with Crippen LogP contribution in [0.3, 0.4) is 0 Å². The van der Waals surface area contributed by atoms with Crippen molar-refractivity contribution < 1.29 is 4.74 Å². The second-order valence-corrected chi connectivity index (χ2v) is 6.59. The highest BCUT2D eigenvalue weighted by molar-refractivity contribution is 9.10. The number of hydrogen-bond donors (Lipinski definition) is 2. The van der Waals surface area contributed by atoms with Crippen molar-refractivity contribution >= 4 is 38.6 Å². The number of anilines is 1. The minimum atomic E-state index is 0.737. The van der Waals surface area contributed by atoms with E-state index in [-0.39, 0.29) is 0 Å². The maximum absolute atomic E-state index is 5.30. The SMILES string of the molecule is COc1cccc(Cn2cnc3c(Br)c(NC4=NCCN4)ccc32)c1. The molecule has 0 fully saturated rings. The number of aromatic nitrogens is 2. The second kappa shape index (κ2) is 6.76. The number of ether oxygens (including phenoxy) is 1. The summed E-state index contributed by atoms with van der Waals surface area (Å²) < 4.78 is 8.37. The number of guanidine groups is 1. The van der Waals surface area contributed by atoms with Crippen LogP contribution >= 0.6 is 15.9 Å². The Labute approximate surface area is 154 Å². The van der Waals surface area contributed by atoms with E-state index in [1.54, 1.807) is 7.11 Å². The van der Waals surface area contributed by atoms with E-state index in [4.69, 9.17) is 4.74 Å². The van der Waals surface area contributed by atoms with E-state index in [9.17, 15) is 0 Å². The van der Waals surface area contributed by atoms with Crippen molar-refractivity contribution in [1.82, 2.24) is 14.9 Å². The second-order valence-electron chi connectivity index (χ2n) is 5.80. The summed E-state index contributed by atoms with van der Waals surface area (Å²) in [5.41, 5.74) is 4.11. The maximum atomic E-state index is 5.30. The number of aliphatic imine (C=N–C) groups is 1. The summed E-state index contributed by atoms with van der Waals surface area (Å²) in [4.78, 5) is 8.94. The molecule has 0 unspecified atom stereocenters. The van der Waals surface area contributed by atoms with Crippen molar-refractivity contribution in [3.05, 3.63) is 52.8 Å². The van der Waals surface area contributed by atoms with Crippen LogP contribution in [0.15, 0.2) is 52.2 Å². The molecule has 0 bridgehead atoms. The van der Waals surface area contributed by atoms with Crippen molar-refractivity contribution in [1.29, 1.82) is 0 Å². The molecule has 25 heavy (non-hydrogen) atoms. The molecule has 1 aliphatic rings. The molecular weight excluding hydrogens is 382 g/mol. The van der Waals surface area contributed by atoms with E-state index in [1.165, 1.54) is 5.56 Å². The van der Waals surface area contributed by atoms with Gasteiger partial charge in [-0.2, -0.15) is 0 Å². The number of nitrogens with one attached hydrogen (secondary N) is 2. The number of hydrogen-bond acceptors (Lipinski definition) is 5. The zero-order valence-corrected chi connectivity index (χ0v) is 15.4. The van der Waals surface area contributed by atoms with Crippen molar-refractivity contribution in [2.45, 2.75) is 6.54 Å². The van der Waals surface area contributed by atoms with Crippen LogP contribution in [-0.4, -0.2) is 35.7 Å². The summed E-state index contributed by atoms with van der Waals surface area (Å²) in [6, 6.07) is 12.2. The molecule has 0 saturated heterocycles. The first-order chi connectivity index (χ1) is 12.2. The number of fused-ring (bicyclic) bond motifs is 1. The topological polar surface area (TPSA) is 63.5 Å². The predicted molar refractivity (Wildman–Crippen MR) is 103 cm³/mol. The fourth-order valence-corrected chi connectivity index (χ4v) is 3.43. The van der Waals surface area contributed by atoms with Crippen LogP contribution in [0.2, 0.25) is 0 Å². The van der Waals surface area contributed by atoms with E-state index in [0.29, 0.717) is 0 Å². The van der Waals surface area contributed by atoms with E-state index in [2.05, 4.69) is 53.2 Å². The fourth-order valence-electron chi connectivity index (χ4n) is 2.90. The van der Waals surface area contributed by atoms with Crippen LogP contribution in [0.4, 0.5) is 5.69 Å². The first-order valence-corrected chi connectivity index (χ1v) is 8.85. The summed E-state index contributed by atoms with van der Waals surface area (Å²) in [5, 5.41) is 6.51. The van der Waals surface area contributed by atoms with Gasteiger partial charge < -0.3 is 19.9 Å². The van der Waals surface area contributed by atoms with Crippen molar-refractivity contribution in [3.8, 4) is 5.75 Å². The molecule has 7 heteroatoms. The Kier molecular flexibility index (Phi) is 4.31. The highest BCUT2D eigenvalue weighted by Crippen LogP contribution is 2.31. The predicted octanol–water partition coefficient (Wildman–Crippen LogP) is 3.23. The Morgan fingerprint density at radius 1 is 1.32 bits per heavy atom. The normalized spacial score (nSPS) is 13.6. The molecule has 0 aliphatic carbocycles. The molecule has 1 aliphatic heterocycles. The molecule has 0 spiro atoms. The third-order valence-electron chi connectivity index (χ3n) is 4.14. The Bertz CT molecular complexity index is 950. The van der Waals surface area contributed by atoms with Gasteiger partial charge in [0.05, 0.1) is 35.7 Å². The molecule has 2 N–H and O–H groups in total. The third-order valence-corrected chi connectivity index (χ3v) is 4.95. The molecule has 0 radical (unpaired) electrons. The number of rotatable bonds is 4. The van der Waals surface area contributed by atoms with Gasteiger partial charge in [0.2, 0.25) is 0 Å². The van der Waals surface area contributed by atoms with Gasteiger partial charge in [0.15, 0.2) is 5.96 Å². The summed E-state index contributed by atoms with van der Waals surface area (Å²) in [6.45, 7) is 2.41.